The van der Waals surface area contributed by atoms with Crippen molar-refractivity contribution in [1.29, 1.82) is 0 Å². The number of nitrogens with one attached hydrogen (secondary N) is 1. The van der Waals surface area contributed by atoms with E-state index in [1.807, 2.05) is 21.0 Å². The molecule has 0 saturated carbocycles. The second-order valence-electron chi connectivity index (χ2n) is 3.11. The number of rotatable bonds is 6. The van der Waals surface area contributed by atoms with E-state index in [1.54, 1.807) is 10.9 Å². The average molecular weight is 198 g/mol. The van der Waals surface area contributed by atoms with Crippen LogP contribution in [-0.2, 0) is 11.8 Å². The molecule has 1 aromatic heterocycles. The Morgan fingerprint density at radius 3 is 2.93 bits per heavy atom. The fraction of sp³-hybridized carbons (Fsp3) is 0.778. The lowest BCUT2D eigenvalue weighted by atomic mass is 10.1. The molecule has 0 radical (unpaired) electrons. The molecule has 5 nitrogen and oxygen atoms in total. The second-order valence-corrected chi connectivity index (χ2v) is 3.11. The lowest BCUT2D eigenvalue weighted by molar-refractivity contribution is 0.136. The smallest absolute Gasteiger partial charge is 0.0754 e. The van der Waals surface area contributed by atoms with Gasteiger partial charge in [-0.1, -0.05) is 5.21 Å². The molecule has 0 fully saturated rings. The van der Waals surface area contributed by atoms with E-state index in [2.05, 4.69) is 15.6 Å². The molecule has 80 valence electrons. The summed E-state index contributed by atoms with van der Waals surface area (Å²) in [6.07, 6.45) is 2.72. The molecule has 0 amide bonds. The average Bonchev–Trinajstić information content (AvgIpc) is 2.60. The monoisotopic (exact) mass is 198 g/mol. The van der Waals surface area contributed by atoms with Crippen LogP contribution >= 0.6 is 0 Å². The molecule has 1 atom stereocenters. The lowest BCUT2D eigenvalue weighted by Crippen LogP contribution is -2.21. The standard InChI is InChI=1S/C9H18N4O/c1-4-14-6-5-8(10-2)9-7-11-12-13(9)3/h7-8,10H,4-6H2,1-3H3. The molecule has 0 aromatic carbocycles. The third-order valence-corrected chi connectivity index (χ3v) is 2.21. The fourth-order valence-electron chi connectivity index (χ4n) is 1.40. The van der Waals surface area contributed by atoms with E-state index in [0.29, 0.717) is 0 Å². The van der Waals surface area contributed by atoms with E-state index in [9.17, 15) is 0 Å². The van der Waals surface area contributed by atoms with Crippen molar-refractivity contribution in [3.05, 3.63) is 11.9 Å². The van der Waals surface area contributed by atoms with Gasteiger partial charge >= 0.3 is 0 Å². The first-order chi connectivity index (χ1) is 6.79. The molecule has 0 aliphatic carbocycles. The molecule has 1 heterocycles. The van der Waals surface area contributed by atoms with Gasteiger partial charge in [-0.25, -0.2) is 0 Å². The number of hydrogen-bond donors (Lipinski definition) is 1. The molecule has 1 aromatic rings. The van der Waals surface area contributed by atoms with E-state index in [1.165, 1.54) is 0 Å². The minimum absolute atomic E-state index is 0.265. The summed E-state index contributed by atoms with van der Waals surface area (Å²) in [4.78, 5) is 0. The zero-order valence-electron chi connectivity index (χ0n) is 9.03. The van der Waals surface area contributed by atoms with Crippen molar-refractivity contribution in [3.63, 3.8) is 0 Å². The maximum atomic E-state index is 5.31. The van der Waals surface area contributed by atoms with Gasteiger partial charge in [0.2, 0.25) is 0 Å². The van der Waals surface area contributed by atoms with E-state index in [0.717, 1.165) is 25.3 Å². The SMILES string of the molecule is CCOCCC(NC)c1cnnn1C. The summed E-state index contributed by atoms with van der Waals surface area (Å²) >= 11 is 0. The Balaban J connectivity index is 2.50. The van der Waals surface area contributed by atoms with Crippen LogP contribution < -0.4 is 5.32 Å². The van der Waals surface area contributed by atoms with Crippen LogP contribution in [0, 0.1) is 0 Å². The van der Waals surface area contributed by atoms with Crippen molar-refractivity contribution in [2.75, 3.05) is 20.3 Å². The molecule has 1 unspecified atom stereocenters. The Kier molecular flexibility index (Phi) is 4.55. The third-order valence-electron chi connectivity index (χ3n) is 2.21. The minimum atomic E-state index is 0.265. The quantitative estimate of drug-likeness (QED) is 0.676. The van der Waals surface area contributed by atoms with Gasteiger partial charge in [0, 0.05) is 20.3 Å². The number of aromatic nitrogens is 3. The first-order valence-corrected chi connectivity index (χ1v) is 4.89. The summed E-state index contributed by atoms with van der Waals surface area (Å²) in [6.45, 7) is 3.52. The van der Waals surface area contributed by atoms with E-state index in [-0.39, 0.29) is 6.04 Å². The highest BCUT2D eigenvalue weighted by Crippen LogP contribution is 2.13. The van der Waals surface area contributed by atoms with Gasteiger partial charge in [-0.2, -0.15) is 0 Å². The van der Waals surface area contributed by atoms with Crippen molar-refractivity contribution < 1.29 is 4.74 Å². The van der Waals surface area contributed by atoms with Crippen LogP contribution in [0.2, 0.25) is 0 Å². The van der Waals surface area contributed by atoms with Crippen LogP contribution in [0.4, 0.5) is 0 Å². The highest BCUT2D eigenvalue weighted by atomic mass is 16.5. The van der Waals surface area contributed by atoms with Crippen LogP contribution in [0.3, 0.4) is 0 Å². The maximum Gasteiger partial charge on any atom is 0.0754 e. The number of aryl methyl sites for hydroxylation is 1. The van der Waals surface area contributed by atoms with Gasteiger partial charge in [0.25, 0.3) is 0 Å². The lowest BCUT2D eigenvalue weighted by Gasteiger charge is -2.15. The second kappa shape index (κ2) is 5.72. The predicted octanol–water partition coefficient (Wildman–Crippen LogP) is 0.502. The largest absolute Gasteiger partial charge is 0.382 e. The minimum Gasteiger partial charge on any atom is -0.382 e. The fourth-order valence-corrected chi connectivity index (χ4v) is 1.40. The molecule has 0 saturated heterocycles. The molecule has 0 bridgehead atoms. The van der Waals surface area contributed by atoms with Crippen LogP contribution in [-0.4, -0.2) is 35.3 Å². The molecule has 0 aliphatic heterocycles. The Bertz CT molecular complexity index is 261. The summed E-state index contributed by atoms with van der Waals surface area (Å²) in [5, 5.41) is 11.0. The molecule has 14 heavy (non-hydrogen) atoms. The van der Waals surface area contributed by atoms with Gasteiger partial charge in [-0.3, -0.25) is 4.68 Å². The van der Waals surface area contributed by atoms with Gasteiger partial charge < -0.3 is 10.1 Å². The van der Waals surface area contributed by atoms with Gasteiger partial charge in [-0.15, -0.1) is 5.10 Å². The molecule has 0 aliphatic rings. The Hall–Kier alpha value is -0.940. The van der Waals surface area contributed by atoms with Crippen molar-refractivity contribution >= 4 is 0 Å². The molecule has 1 rings (SSSR count). The molecule has 5 heteroatoms. The molecule has 0 spiro atoms. The third kappa shape index (κ3) is 2.78. The van der Waals surface area contributed by atoms with Crippen LogP contribution in [0.25, 0.3) is 0 Å². The maximum absolute atomic E-state index is 5.31. The first-order valence-electron chi connectivity index (χ1n) is 4.89. The highest BCUT2D eigenvalue weighted by molar-refractivity contribution is 5.01. The summed E-state index contributed by atoms with van der Waals surface area (Å²) in [7, 11) is 3.83. The molecular formula is C9H18N4O. The summed E-state index contributed by atoms with van der Waals surface area (Å²) in [5.74, 6) is 0. The predicted molar refractivity (Wildman–Crippen MR) is 53.9 cm³/mol. The topological polar surface area (TPSA) is 52.0 Å². The van der Waals surface area contributed by atoms with Crippen molar-refractivity contribution in [2.24, 2.45) is 7.05 Å². The van der Waals surface area contributed by atoms with Crippen LogP contribution in [0.5, 0.6) is 0 Å². The first kappa shape index (κ1) is 11.1. The van der Waals surface area contributed by atoms with Gasteiger partial charge in [-0.05, 0) is 20.4 Å². The number of ether oxygens (including phenoxy) is 1. The van der Waals surface area contributed by atoms with E-state index >= 15 is 0 Å². The number of hydrogen-bond acceptors (Lipinski definition) is 4. The Morgan fingerprint density at radius 1 is 1.64 bits per heavy atom. The summed E-state index contributed by atoms with van der Waals surface area (Å²) in [5.41, 5.74) is 1.09. The van der Waals surface area contributed by atoms with Gasteiger partial charge in [0.15, 0.2) is 0 Å². The normalized spacial score (nSPS) is 13.1. The van der Waals surface area contributed by atoms with Crippen LogP contribution in [0.1, 0.15) is 25.1 Å². The molecule has 1 N–H and O–H groups in total. The Morgan fingerprint density at radius 2 is 2.43 bits per heavy atom. The zero-order valence-corrected chi connectivity index (χ0v) is 9.03. The van der Waals surface area contributed by atoms with Gasteiger partial charge in [0.05, 0.1) is 17.9 Å². The van der Waals surface area contributed by atoms with Crippen LogP contribution in [0.15, 0.2) is 6.20 Å². The van der Waals surface area contributed by atoms with Crippen molar-refractivity contribution in [1.82, 2.24) is 20.3 Å². The zero-order chi connectivity index (χ0) is 10.4. The number of nitrogens with zero attached hydrogens (tertiary/aromatic N) is 3. The summed E-state index contributed by atoms with van der Waals surface area (Å²) in [6, 6.07) is 0.265. The van der Waals surface area contributed by atoms with Crippen molar-refractivity contribution in [3.8, 4) is 0 Å². The van der Waals surface area contributed by atoms with Crippen molar-refractivity contribution in [2.45, 2.75) is 19.4 Å². The molecular weight excluding hydrogens is 180 g/mol. The van der Waals surface area contributed by atoms with Gasteiger partial charge in [0.1, 0.15) is 0 Å². The van der Waals surface area contributed by atoms with E-state index < -0.39 is 0 Å². The highest BCUT2D eigenvalue weighted by Gasteiger charge is 2.12. The summed E-state index contributed by atoms with van der Waals surface area (Å²) < 4.78 is 7.10. The van der Waals surface area contributed by atoms with E-state index in [4.69, 9.17) is 4.74 Å². The Labute approximate surface area is 84.4 Å².